The normalized spacial score (nSPS) is 27.2. The first-order chi connectivity index (χ1) is 12.2. The van der Waals surface area contributed by atoms with Crippen molar-refractivity contribution >= 4 is 0 Å². The van der Waals surface area contributed by atoms with Gasteiger partial charge in [-0.3, -0.25) is 0 Å². The van der Waals surface area contributed by atoms with Gasteiger partial charge in [-0.1, -0.05) is 64.0 Å². The van der Waals surface area contributed by atoms with Gasteiger partial charge < -0.3 is 24.8 Å². The largest absolute Gasteiger partial charge is 0.394 e. The van der Waals surface area contributed by atoms with Crippen LogP contribution in [-0.4, -0.2) is 59.6 Å². The fourth-order valence-corrected chi connectivity index (χ4v) is 3.08. The molecule has 0 radical (unpaired) electrons. The molecule has 0 amide bonds. The molecule has 25 heavy (non-hydrogen) atoms. The molecule has 1 aliphatic heterocycles. The number of aliphatic hydroxyl groups excluding tert-OH is 3. The summed E-state index contributed by atoms with van der Waals surface area (Å²) in [4.78, 5) is 0. The molecule has 3 N–H and O–H groups in total. The summed E-state index contributed by atoms with van der Waals surface area (Å²) in [6, 6.07) is 0. The molecule has 0 aromatic heterocycles. The maximum Gasteiger partial charge on any atom is 0.111 e. The van der Waals surface area contributed by atoms with Crippen LogP contribution in [0.2, 0.25) is 0 Å². The van der Waals surface area contributed by atoms with E-state index in [0.717, 1.165) is 12.8 Å². The smallest absolute Gasteiger partial charge is 0.111 e. The highest BCUT2D eigenvalue weighted by Gasteiger charge is 2.38. The Morgan fingerprint density at radius 1 is 0.920 bits per heavy atom. The van der Waals surface area contributed by atoms with Crippen LogP contribution in [0.15, 0.2) is 12.2 Å². The van der Waals surface area contributed by atoms with Gasteiger partial charge in [-0.25, -0.2) is 0 Å². The molecule has 0 aliphatic carbocycles. The molecule has 5 heteroatoms. The lowest BCUT2D eigenvalue weighted by molar-refractivity contribution is -0.208. The van der Waals surface area contributed by atoms with Gasteiger partial charge in [0.05, 0.1) is 19.8 Å². The summed E-state index contributed by atoms with van der Waals surface area (Å²) in [5, 5.41) is 28.7. The van der Waals surface area contributed by atoms with Crippen LogP contribution >= 0.6 is 0 Å². The molecule has 1 saturated heterocycles. The highest BCUT2D eigenvalue weighted by Crippen LogP contribution is 2.18. The number of allylic oxidation sites excluding steroid dienone is 1. The van der Waals surface area contributed by atoms with E-state index in [2.05, 4.69) is 19.1 Å². The molecule has 0 saturated carbocycles. The molecule has 1 rings (SSSR count). The van der Waals surface area contributed by atoms with Gasteiger partial charge in [-0.05, 0) is 19.3 Å². The third-order valence-electron chi connectivity index (χ3n) is 4.77. The molecular formula is C20H38O5. The van der Waals surface area contributed by atoms with Gasteiger partial charge in [0.2, 0.25) is 0 Å². The highest BCUT2D eigenvalue weighted by molar-refractivity contribution is 4.88. The van der Waals surface area contributed by atoms with Gasteiger partial charge in [0.25, 0.3) is 0 Å². The SMILES string of the molecule is CCCCCCCCCC/C=C/CCO[C@H]1CO[C@H](CO)[C@@H](O)[C@@H]1O. The van der Waals surface area contributed by atoms with Crippen LogP contribution in [0.5, 0.6) is 0 Å². The first kappa shape index (κ1) is 22.6. The van der Waals surface area contributed by atoms with E-state index in [-0.39, 0.29) is 13.2 Å². The Balaban J connectivity index is 1.95. The van der Waals surface area contributed by atoms with Gasteiger partial charge in [0.1, 0.15) is 24.4 Å². The van der Waals surface area contributed by atoms with Gasteiger partial charge in [0.15, 0.2) is 0 Å². The predicted molar refractivity (Wildman–Crippen MR) is 99.6 cm³/mol. The third-order valence-corrected chi connectivity index (χ3v) is 4.77. The summed E-state index contributed by atoms with van der Waals surface area (Å²) in [5.41, 5.74) is 0. The Bertz CT molecular complexity index is 334. The summed E-state index contributed by atoms with van der Waals surface area (Å²) in [6.45, 7) is 2.64. The zero-order chi connectivity index (χ0) is 18.3. The maximum atomic E-state index is 9.95. The summed E-state index contributed by atoms with van der Waals surface area (Å²) < 4.78 is 10.9. The minimum atomic E-state index is -1.10. The molecule has 148 valence electrons. The molecular weight excluding hydrogens is 320 g/mol. The van der Waals surface area contributed by atoms with E-state index in [9.17, 15) is 10.2 Å². The highest BCUT2D eigenvalue weighted by atomic mass is 16.6. The van der Waals surface area contributed by atoms with Crippen molar-refractivity contribution in [3.05, 3.63) is 12.2 Å². The maximum absolute atomic E-state index is 9.95. The molecule has 0 unspecified atom stereocenters. The second-order valence-electron chi connectivity index (χ2n) is 6.97. The van der Waals surface area contributed by atoms with Crippen LogP contribution in [0, 0.1) is 0 Å². The number of hydrogen-bond acceptors (Lipinski definition) is 5. The standard InChI is InChI=1S/C20H38O5/c1-2-3-4-5-6-7-8-9-10-11-12-13-14-24-18-16-25-17(15-21)19(22)20(18)23/h11-12,17-23H,2-10,13-16H2,1H3/b12-11+/t17-,18+,19-,20-/m1/s1. The molecule has 0 aromatic rings. The van der Waals surface area contributed by atoms with E-state index >= 15 is 0 Å². The second kappa shape index (κ2) is 14.7. The number of rotatable bonds is 14. The topological polar surface area (TPSA) is 79.2 Å². The quantitative estimate of drug-likeness (QED) is 0.329. The van der Waals surface area contributed by atoms with Crippen LogP contribution < -0.4 is 0 Å². The van der Waals surface area contributed by atoms with Crippen molar-refractivity contribution in [2.45, 2.75) is 95.5 Å². The molecule has 1 fully saturated rings. The number of ether oxygens (including phenoxy) is 2. The summed E-state index contributed by atoms with van der Waals surface area (Å²) >= 11 is 0. The molecule has 0 spiro atoms. The minimum absolute atomic E-state index is 0.200. The molecule has 0 bridgehead atoms. The van der Waals surface area contributed by atoms with Crippen LogP contribution in [0.1, 0.15) is 71.1 Å². The van der Waals surface area contributed by atoms with E-state index in [1.165, 1.54) is 51.4 Å². The second-order valence-corrected chi connectivity index (χ2v) is 6.97. The fourth-order valence-electron chi connectivity index (χ4n) is 3.08. The minimum Gasteiger partial charge on any atom is -0.394 e. The summed E-state index contributed by atoms with van der Waals surface area (Å²) in [7, 11) is 0. The molecule has 1 heterocycles. The van der Waals surface area contributed by atoms with Crippen molar-refractivity contribution in [3.8, 4) is 0 Å². The lowest BCUT2D eigenvalue weighted by Crippen LogP contribution is -2.55. The van der Waals surface area contributed by atoms with Gasteiger partial charge in [0, 0.05) is 0 Å². The van der Waals surface area contributed by atoms with E-state index in [4.69, 9.17) is 14.6 Å². The van der Waals surface area contributed by atoms with Crippen molar-refractivity contribution < 1.29 is 24.8 Å². The van der Waals surface area contributed by atoms with Crippen LogP contribution in [0.25, 0.3) is 0 Å². The van der Waals surface area contributed by atoms with Crippen molar-refractivity contribution in [2.24, 2.45) is 0 Å². The molecule has 4 atom stereocenters. The number of unbranched alkanes of at least 4 members (excludes halogenated alkanes) is 8. The van der Waals surface area contributed by atoms with Crippen LogP contribution in [-0.2, 0) is 9.47 Å². The first-order valence-electron chi connectivity index (χ1n) is 10.1. The van der Waals surface area contributed by atoms with Crippen molar-refractivity contribution in [1.29, 1.82) is 0 Å². The van der Waals surface area contributed by atoms with Crippen LogP contribution in [0.4, 0.5) is 0 Å². The van der Waals surface area contributed by atoms with E-state index < -0.39 is 24.4 Å². The zero-order valence-corrected chi connectivity index (χ0v) is 15.8. The Morgan fingerprint density at radius 3 is 2.24 bits per heavy atom. The third kappa shape index (κ3) is 9.71. The Kier molecular flexibility index (Phi) is 13.3. The lowest BCUT2D eigenvalue weighted by atomic mass is 10.0. The predicted octanol–water partition coefficient (Wildman–Crippen LogP) is 2.96. The zero-order valence-electron chi connectivity index (χ0n) is 15.8. The average molecular weight is 359 g/mol. The Morgan fingerprint density at radius 2 is 1.56 bits per heavy atom. The first-order valence-corrected chi connectivity index (χ1v) is 10.1. The Labute approximate surface area is 153 Å². The molecule has 0 aromatic carbocycles. The average Bonchev–Trinajstić information content (AvgIpc) is 2.62. The summed E-state index contributed by atoms with van der Waals surface area (Å²) in [6.07, 6.45) is 13.6. The van der Waals surface area contributed by atoms with Crippen molar-refractivity contribution in [3.63, 3.8) is 0 Å². The fraction of sp³-hybridized carbons (Fsp3) is 0.900. The monoisotopic (exact) mass is 358 g/mol. The number of hydrogen-bond donors (Lipinski definition) is 3. The van der Waals surface area contributed by atoms with Crippen molar-refractivity contribution in [1.82, 2.24) is 0 Å². The van der Waals surface area contributed by atoms with E-state index in [1.807, 2.05) is 0 Å². The van der Waals surface area contributed by atoms with Gasteiger partial charge >= 0.3 is 0 Å². The van der Waals surface area contributed by atoms with E-state index in [1.54, 1.807) is 0 Å². The summed E-state index contributed by atoms with van der Waals surface area (Å²) in [5.74, 6) is 0. The van der Waals surface area contributed by atoms with Crippen molar-refractivity contribution in [2.75, 3.05) is 19.8 Å². The lowest BCUT2D eigenvalue weighted by Gasteiger charge is -2.36. The Hall–Kier alpha value is -0.460. The number of aliphatic hydroxyl groups is 3. The van der Waals surface area contributed by atoms with E-state index in [0.29, 0.717) is 6.61 Å². The molecule has 1 aliphatic rings. The van der Waals surface area contributed by atoms with Gasteiger partial charge in [-0.15, -0.1) is 0 Å². The van der Waals surface area contributed by atoms with Crippen LogP contribution in [0.3, 0.4) is 0 Å². The molecule has 5 nitrogen and oxygen atoms in total. The van der Waals surface area contributed by atoms with Gasteiger partial charge in [-0.2, -0.15) is 0 Å².